The summed E-state index contributed by atoms with van der Waals surface area (Å²) >= 11 is 0. The van der Waals surface area contributed by atoms with Gasteiger partial charge in [-0.15, -0.1) is 0 Å². The number of aryl methyl sites for hydroxylation is 1. The number of fused-ring (bicyclic) bond motifs is 6. The Labute approximate surface area is 255 Å². The van der Waals surface area contributed by atoms with Crippen LogP contribution < -0.4 is 0 Å². The van der Waals surface area contributed by atoms with E-state index in [2.05, 4.69) is 159 Å². The predicted octanol–water partition coefficient (Wildman–Crippen LogP) is 12.4. The van der Waals surface area contributed by atoms with Gasteiger partial charge in [0.25, 0.3) is 0 Å². The minimum absolute atomic E-state index is 0.940. The van der Waals surface area contributed by atoms with E-state index in [1.807, 2.05) is 0 Å². The van der Waals surface area contributed by atoms with Crippen molar-refractivity contribution < 1.29 is 4.42 Å². The fraction of sp³-hybridized carbons (Fsp3) is 0.0233. The maximum atomic E-state index is 6.55. The molecule has 9 rings (SSSR count). The molecule has 0 spiro atoms. The first kappa shape index (κ1) is 24.9. The summed E-state index contributed by atoms with van der Waals surface area (Å²) in [6, 6.07) is 55.0. The third kappa shape index (κ3) is 3.73. The molecule has 0 bridgehead atoms. The lowest BCUT2D eigenvalue weighted by Crippen LogP contribution is -1.91. The minimum atomic E-state index is 0.940. The maximum absolute atomic E-state index is 6.55. The second kappa shape index (κ2) is 9.69. The van der Waals surface area contributed by atoms with Crippen molar-refractivity contribution in [3.8, 4) is 33.4 Å². The van der Waals surface area contributed by atoms with Gasteiger partial charge in [-0.25, -0.2) is 0 Å². The molecule has 8 aromatic carbocycles. The summed E-state index contributed by atoms with van der Waals surface area (Å²) in [7, 11) is 0. The molecule has 0 atom stereocenters. The zero-order chi connectivity index (χ0) is 29.2. The molecule has 1 aromatic heterocycles. The molecule has 0 fully saturated rings. The number of furan rings is 1. The quantitative estimate of drug-likeness (QED) is 0.196. The van der Waals surface area contributed by atoms with Crippen molar-refractivity contribution in [3.63, 3.8) is 0 Å². The third-order valence-electron chi connectivity index (χ3n) is 9.15. The van der Waals surface area contributed by atoms with Gasteiger partial charge in [0.05, 0.1) is 0 Å². The second-order valence-electron chi connectivity index (χ2n) is 11.7. The lowest BCUT2D eigenvalue weighted by atomic mass is 9.85. The van der Waals surface area contributed by atoms with Gasteiger partial charge in [0, 0.05) is 16.3 Å². The Hall–Kier alpha value is -5.66. The average molecular weight is 561 g/mol. The van der Waals surface area contributed by atoms with Crippen LogP contribution in [0, 0.1) is 6.92 Å². The van der Waals surface area contributed by atoms with E-state index in [0.29, 0.717) is 0 Å². The molecule has 0 aliphatic carbocycles. The molecular formula is C43H28O. The number of hydrogen-bond donors (Lipinski definition) is 0. The molecule has 9 aromatic rings. The highest BCUT2D eigenvalue weighted by molar-refractivity contribution is 6.22. The molecule has 0 amide bonds. The van der Waals surface area contributed by atoms with Gasteiger partial charge in [-0.2, -0.15) is 0 Å². The van der Waals surface area contributed by atoms with Crippen LogP contribution in [-0.2, 0) is 0 Å². The number of benzene rings is 8. The molecule has 0 radical (unpaired) electrons. The molecule has 0 saturated heterocycles. The summed E-state index contributed by atoms with van der Waals surface area (Å²) in [6.07, 6.45) is 0. The second-order valence-corrected chi connectivity index (χ2v) is 11.7. The van der Waals surface area contributed by atoms with Crippen molar-refractivity contribution in [2.24, 2.45) is 0 Å². The van der Waals surface area contributed by atoms with Gasteiger partial charge < -0.3 is 4.42 Å². The molecule has 0 N–H and O–H groups in total. The van der Waals surface area contributed by atoms with Crippen molar-refractivity contribution in [1.82, 2.24) is 0 Å². The molecule has 0 unspecified atom stereocenters. The summed E-state index contributed by atoms with van der Waals surface area (Å²) in [5, 5.41) is 9.86. The van der Waals surface area contributed by atoms with Crippen molar-refractivity contribution in [2.75, 3.05) is 0 Å². The van der Waals surface area contributed by atoms with E-state index in [9.17, 15) is 0 Å². The molecule has 206 valence electrons. The summed E-state index contributed by atoms with van der Waals surface area (Å²) < 4.78 is 6.55. The van der Waals surface area contributed by atoms with Crippen LogP contribution in [0.25, 0.3) is 87.6 Å². The minimum Gasteiger partial charge on any atom is -0.455 e. The standard InChI is InChI=1S/C43H28O/c1-27-11-8-21-38-39-22-10-20-33(43(39)44-42(27)38)30-14-9-15-31(26-30)40-34-16-4-6-18-36(34)41(37-19-7-5-17-35(37)40)32-24-23-28-12-2-3-13-29(28)25-32/h2-26H,1H3. The summed E-state index contributed by atoms with van der Waals surface area (Å²) in [5.74, 6) is 0. The lowest BCUT2D eigenvalue weighted by molar-refractivity contribution is 0.667. The fourth-order valence-corrected chi connectivity index (χ4v) is 7.13. The molecular weight excluding hydrogens is 532 g/mol. The van der Waals surface area contributed by atoms with E-state index in [1.165, 1.54) is 60.0 Å². The van der Waals surface area contributed by atoms with E-state index in [4.69, 9.17) is 4.42 Å². The highest BCUT2D eigenvalue weighted by Gasteiger charge is 2.18. The first-order valence-corrected chi connectivity index (χ1v) is 15.2. The molecule has 0 aliphatic rings. The average Bonchev–Trinajstić information content (AvgIpc) is 3.47. The smallest absolute Gasteiger partial charge is 0.143 e. The molecule has 1 nitrogen and oxygen atoms in total. The van der Waals surface area contributed by atoms with Gasteiger partial charge in [-0.1, -0.05) is 140 Å². The Balaban J connectivity index is 1.31. The predicted molar refractivity (Wildman–Crippen MR) is 187 cm³/mol. The Morgan fingerprint density at radius 1 is 0.364 bits per heavy atom. The molecule has 0 aliphatic heterocycles. The molecule has 1 heteroatoms. The zero-order valence-electron chi connectivity index (χ0n) is 24.3. The Morgan fingerprint density at radius 2 is 0.886 bits per heavy atom. The number of rotatable bonds is 3. The van der Waals surface area contributed by atoms with Crippen molar-refractivity contribution in [2.45, 2.75) is 6.92 Å². The van der Waals surface area contributed by atoms with Crippen LogP contribution in [0.3, 0.4) is 0 Å². The maximum Gasteiger partial charge on any atom is 0.143 e. The normalized spacial score (nSPS) is 11.8. The van der Waals surface area contributed by atoms with Gasteiger partial charge in [0.15, 0.2) is 0 Å². The van der Waals surface area contributed by atoms with E-state index in [0.717, 1.165) is 33.2 Å². The van der Waals surface area contributed by atoms with Crippen LogP contribution >= 0.6 is 0 Å². The number of para-hydroxylation sites is 2. The number of hydrogen-bond acceptors (Lipinski definition) is 1. The van der Waals surface area contributed by atoms with Crippen LogP contribution in [0.2, 0.25) is 0 Å². The largest absolute Gasteiger partial charge is 0.455 e. The summed E-state index contributed by atoms with van der Waals surface area (Å²) in [6.45, 7) is 2.11. The van der Waals surface area contributed by atoms with Gasteiger partial charge in [-0.3, -0.25) is 0 Å². The zero-order valence-corrected chi connectivity index (χ0v) is 24.3. The van der Waals surface area contributed by atoms with Gasteiger partial charge in [0.2, 0.25) is 0 Å². The third-order valence-corrected chi connectivity index (χ3v) is 9.15. The van der Waals surface area contributed by atoms with Crippen molar-refractivity contribution in [3.05, 3.63) is 157 Å². The van der Waals surface area contributed by atoms with Gasteiger partial charge >= 0.3 is 0 Å². The van der Waals surface area contributed by atoms with Gasteiger partial charge in [0.1, 0.15) is 11.2 Å². The molecule has 44 heavy (non-hydrogen) atoms. The first-order chi connectivity index (χ1) is 21.7. The van der Waals surface area contributed by atoms with Gasteiger partial charge in [-0.05, 0) is 84.8 Å². The first-order valence-electron chi connectivity index (χ1n) is 15.2. The van der Waals surface area contributed by atoms with Crippen molar-refractivity contribution in [1.29, 1.82) is 0 Å². The van der Waals surface area contributed by atoms with E-state index in [1.54, 1.807) is 0 Å². The van der Waals surface area contributed by atoms with Crippen molar-refractivity contribution >= 4 is 54.3 Å². The Kier molecular flexibility index (Phi) is 5.48. The van der Waals surface area contributed by atoms with Crippen LogP contribution in [0.4, 0.5) is 0 Å². The molecule has 0 saturated carbocycles. The highest BCUT2D eigenvalue weighted by atomic mass is 16.3. The monoisotopic (exact) mass is 560 g/mol. The lowest BCUT2D eigenvalue weighted by Gasteiger charge is -2.18. The fourth-order valence-electron chi connectivity index (χ4n) is 7.13. The SMILES string of the molecule is Cc1cccc2c1oc1c(-c3cccc(-c4c5ccccc5c(-c5ccc6ccccc6c5)c5ccccc45)c3)cccc12. The Morgan fingerprint density at radius 3 is 1.59 bits per heavy atom. The van der Waals surface area contributed by atoms with E-state index in [-0.39, 0.29) is 0 Å². The Bertz CT molecular complexity index is 2510. The van der Waals surface area contributed by atoms with Crippen LogP contribution in [0.15, 0.2) is 156 Å². The van der Waals surface area contributed by atoms with Crippen LogP contribution in [0.1, 0.15) is 5.56 Å². The molecule has 1 heterocycles. The summed E-state index contributed by atoms with van der Waals surface area (Å²) in [5.41, 5.74) is 10.3. The summed E-state index contributed by atoms with van der Waals surface area (Å²) in [4.78, 5) is 0. The topological polar surface area (TPSA) is 13.1 Å². The van der Waals surface area contributed by atoms with Crippen LogP contribution in [-0.4, -0.2) is 0 Å². The van der Waals surface area contributed by atoms with E-state index >= 15 is 0 Å². The highest BCUT2D eigenvalue weighted by Crippen LogP contribution is 2.45. The van der Waals surface area contributed by atoms with Crippen LogP contribution in [0.5, 0.6) is 0 Å². The van der Waals surface area contributed by atoms with E-state index < -0.39 is 0 Å².